The molecule has 4 fully saturated rings. The third kappa shape index (κ3) is 3.14. The van der Waals surface area contributed by atoms with Crippen molar-refractivity contribution >= 4 is 29.2 Å². The SMILES string of the molecule is COc1cc(-n2cccn2)c(-c2ccc3c(N)cnnc3c2)cc1B1O[C@]2(C3CC3)COC[C@]2(C2CC2)O1. The maximum absolute atomic E-state index is 6.95. The van der Waals surface area contributed by atoms with Crippen LogP contribution in [0.5, 0.6) is 5.75 Å². The molecule has 8 rings (SSSR count). The van der Waals surface area contributed by atoms with E-state index in [1.807, 2.05) is 35.1 Å². The fraction of sp³-hybridized carbons (Fsp3) is 0.393. The Kier molecular flexibility index (Phi) is 4.75. The highest BCUT2D eigenvalue weighted by Crippen LogP contribution is 2.62. The summed E-state index contributed by atoms with van der Waals surface area (Å²) in [6.07, 6.45) is 9.91. The van der Waals surface area contributed by atoms with Crippen LogP contribution in [-0.4, -0.2) is 58.6 Å². The monoisotopic (exact) mass is 509 g/mol. The zero-order valence-electron chi connectivity index (χ0n) is 21.2. The lowest BCUT2D eigenvalue weighted by atomic mass is 9.76. The lowest BCUT2D eigenvalue weighted by molar-refractivity contribution is -0.0388. The fourth-order valence-electron chi connectivity index (χ4n) is 6.65. The van der Waals surface area contributed by atoms with Gasteiger partial charge in [-0.2, -0.15) is 15.3 Å². The van der Waals surface area contributed by atoms with Crippen molar-refractivity contribution in [3.05, 3.63) is 55.0 Å². The Balaban J connectivity index is 1.29. The molecule has 2 aromatic heterocycles. The Labute approximate surface area is 220 Å². The van der Waals surface area contributed by atoms with E-state index in [0.29, 0.717) is 36.5 Å². The molecular weight excluding hydrogens is 481 g/mol. The largest absolute Gasteiger partial charge is 0.498 e. The number of fused-ring (bicyclic) bond motifs is 2. The summed E-state index contributed by atoms with van der Waals surface area (Å²) in [5.74, 6) is 1.66. The van der Waals surface area contributed by atoms with Gasteiger partial charge >= 0.3 is 7.12 Å². The summed E-state index contributed by atoms with van der Waals surface area (Å²) >= 11 is 0. The standard InChI is InChI=1S/C28H28BN5O4/c1-35-26-13-25(34-10-2-9-32-34)21(17-3-8-20-23(30)14-31-33-24(20)11-17)12-22(26)29-37-27(18-4-5-18)15-36-16-28(27,38-29)19-6-7-19/h2-3,8-14,18-19H,4-7,15-16H2,1H3,(H2,30,33)/t27-,28+. The predicted molar refractivity (Wildman–Crippen MR) is 142 cm³/mol. The number of rotatable bonds is 6. The van der Waals surface area contributed by atoms with Crippen molar-refractivity contribution in [1.82, 2.24) is 20.0 Å². The van der Waals surface area contributed by atoms with Gasteiger partial charge in [0.2, 0.25) is 0 Å². The van der Waals surface area contributed by atoms with Crippen LogP contribution < -0.4 is 15.9 Å². The summed E-state index contributed by atoms with van der Waals surface area (Å²) in [7, 11) is 1.14. The maximum atomic E-state index is 6.95. The molecule has 192 valence electrons. The van der Waals surface area contributed by atoms with E-state index >= 15 is 0 Å². The molecule has 2 N–H and O–H groups in total. The number of nitrogens with two attached hydrogens (primary N) is 1. The highest BCUT2D eigenvalue weighted by Gasteiger charge is 2.74. The summed E-state index contributed by atoms with van der Waals surface area (Å²) in [6.45, 7) is 1.19. The van der Waals surface area contributed by atoms with Crippen LogP contribution in [0.3, 0.4) is 0 Å². The van der Waals surface area contributed by atoms with E-state index in [4.69, 9.17) is 24.5 Å². The van der Waals surface area contributed by atoms with Gasteiger partial charge in [0.25, 0.3) is 0 Å². The summed E-state index contributed by atoms with van der Waals surface area (Å²) in [5.41, 5.74) is 10.4. The molecule has 4 heterocycles. The van der Waals surface area contributed by atoms with Gasteiger partial charge in [-0.25, -0.2) is 4.68 Å². The first-order chi connectivity index (χ1) is 18.6. The molecule has 0 radical (unpaired) electrons. The van der Waals surface area contributed by atoms with Crippen molar-refractivity contribution in [2.75, 3.05) is 26.1 Å². The Morgan fingerprint density at radius 3 is 2.47 bits per heavy atom. The molecule has 9 nitrogen and oxygen atoms in total. The number of aromatic nitrogens is 4. The van der Waals surface area contributed by atoms with Crippen molar-refractivity contribution in [3.8, 4) is 22.6 Å². The topological polar surface area (TPSA) is 107 Å². The van der Waals surface area contributed by atoms with Crippen LogP contribution in [0.2, 0.25) is 0 Å². The third-order valence-corrected chi connectivity index (χ3v) is 8.79. The quantitative estimate of drug-likeness (QED) is 0.396. The van der Waals surface area contributed by atoms with Crippen molar-refractivity contribution in [2.24, 2.45) is 11.8 Å². The van der Waals surface area contributed by atoms with Gasteiger partial charge in [-0.05, 0) is 67.3 Å². The molecule has 4 aromatic rings. The number of ether oxygens (including phenoxy) is 2. The molecule has 0 unspecified atom stereocenters. The second-order valence-corrected chi connectivity index (χ2v) is 11.0. The Morgan fingerprint density at radius 1 is 1.05 bits per heavy atom. The molecule has 2 aromatic carbocycles. The lowest BCUT2D eigenvalue weighted by Gasteiger charge is -2.37. The second kappa shape index (κ2) is 8.02. The molecule has 0 spiro atoms. The van der Waals surface area contributed by atoms with Crippen molar-refractivity contribution in [2.45, 2.75) is 36.9 Å². The number of benzene rings is 2. The molecule has 4 aliphatic rings. The summed E-state index contributed by atoms with van der Waals surface area (Å²) in [5, 5.41) is 13.8. The molecule has 2 aliphatic carbocycles. The molecule has 2 aliphatic heterocycles. The molecule has 2 saturated heterocycles. The Bertz CT molecular complexity index is 1530. The molecule has 0 bridgehead atoms. The Morgan fingerprint density at radius 2 is 1.82 bits per heavy atom. The normalized spacial score (nSPS) is 26.7. The molecule has 2 atom stereocenters. The number of methoxy groups -OCH3 is 1. The van der Waals surface area contributed by atoms with Crippen molar-refractivity contribution < 1.29 is 18.8 Å². The summed E-state index contributed by atoms with van der Waals surface area (Å²) < 4.78 is 27.7. The lowest BCUT2D eigenvalue weighted by Crippen LogP contribution is -2.54. The van der Waals surface area contributed by atoms with Gasteiger partial charge < -0.3 is 24.5 Å². The van der Waals surface area contributed by atoms with Gasteiger partial charge in [0, 0.05) is 34.9 Å². The second-order valence-electron chi connectivity index (χ2n) is 11.0. The van der Waals surface area contributed by atoms with E-state index in [1.54, 1.807) is 19.5 Å². The molecular formula is C28H28BN5O4. The number of hydrogen-bond donors (Lipinski definition) is 1. The minimum absolute atomic E-state index is 0.388. The van der Waals surface area contributed by atoms with E-state index in [1.165, 1.54) is 0 Å². The van der Waals surface area contributed by atoms with Gasteiger partial charge in [-0.1, -0.05) is 6.07 Å². The van der Waals surface area contributed by atoms with Crippen LogP contribution >= 0.6 is 0 Å². The van der Waals surface area contributed by atoms with Crippen LogP contribution in [0.25, 0.3) is 27.7 Å². The average Bonchev–Trinajstić information content (AvgIpc) is 3.85. The minimum atomic E-state index is -0.545. The van der Waals surface area contributed by atoms with Gasteiger partial charge in [-0.3, -0.25) is 0 Å². The number of nitrogens with zero attached hydrogens (tertiary/aromatic N) is 4. The fourth-order valence-corrected chi connectivity index (χ4v) is 6.65. The Hall–Kier alpha value is -3.47. The van der Waals surface area contributed by atoms with Crippen molar-refractivity contribution in [3.63, 3.8) is 0 Å². The molecule has 38 heavy (non-hydrogen) atoms. The first kappa shape index (κ1) is 22.5. The van der Waals surface area contributed by atoms with Crippen LogP contribution in [-0.2, 0) is 14.0 Å². The maximum Gasteiger partial charge on any atom is 0.498 e. The number of anilines is 1. The highest BCUT2D eigenvalue weighted by molar-refractivity contribution is 6.63. The first-order valence-corrected chi connectivity index (χ1v) is 13.3. The molecule has 2 saturated carbocycles. The number of hydrogen-bond acceptors (Lipinski definition) is 8. The highest BCUT2D eigenvalue weighted by atomic mass is 16.7. The van der Waals surface area contributed by atoms with Gasteiger partial charge in [0.15, 0.2) is 0 Å². The molecule has 10 heteroatoms. The zero-order valence-corrected chi connectivity index (χ0v) is 21.2. The third-order valence-electron chi connectivity index (χ3n) is 8.79. The van der Waals surface area contributed by atoms with Gasteiger partial charge in [-0.15, -0.1) is 0 Å². The molecule has 0 amide bonds. The van der Waals surface area contributed by atoms with E-state index in [-0.39, 0.29) is 11.2 Å². The van der Waals surface area contributed by atoms with Crippen molar-refractivity contribution in [1.29, 1.82) is 0 Å². The van der Waals surface area contributed by atoms with Crippen LogP contribution in [0.4, 0.5) is 5.69 Å². The number of nitrogen functional groups attached to an aromatic ring is 1. The van der Waals surface area contributed by atoms with E-state index in [2.05, 4.69) is 27.4 Å². The predicted octanol–water partition coefficient (Wildman–Crippen LogP) is 3.14. The minimum Gasteiger partial charge on any atom is -0.497 e. The smallest absolute Gasteiger partial charge is 0.497 e. The zero-order chi connectivity index (χ0) is 25.5. The van der Waals surface area contributed by atoms with E-state index < -0.39 is 7.12 Å². The van der Waals surface area contributed by atoms with Gasteiger partial charge in [0.05, 0.1) is 43.4 Å². The summed E-state index contributed by atoms with van der Waals surface area (Å²) in [6, 6.07) is 12.1. The van der Waals surface area contributed by atoms with E-state index in [9.17, 15) is 0 Å². The first-order valence-electron chi connectivity index (χ1n) is 13.3. The van der Waals surface area contributed by atoms with Gasteiger partial charge in [0.1, 0.15) is 17.0 Å². The average molecular weight is 509 g/mol. The van der Waals surface area contributed by atoms with E-state index in [0.717, 1.165) is 58.9 Å². The van der Waals surface area contributed by atoms with Crippen LogP contribution in [0, 0.1) is 11.8 Å². The van der Waals surface area contributed by atoms with Crippen LogP contribution in [0.1, 0.15) is 25.7 Å². The summed E-state index contributed by atoms with van der Waals surface area (Å²) in [4.78, 5) is 0. The van der Waals surface area contributed by atoms with Crippen LogP contribution in [0.15, 0.2) is 55.0 Å².